The van der Waals surface area contributed by atoms with Crippen LogP contribution in [0.15, 0.2) is 59.7 Å². The first-order valence-corrected chi connectivity index (χ1v) is 8.49. The molecule has 28 heavy (non-hydrogen) atoms. The first-order valence-electron chi connectivity index (χ1n) is 8.11. The third-order valence-electron chi connectivity index (χ3n) is 3.60. The molecule has 2 aromatic carbocycles. The fraction of sp³-hybridized carbons (Fsp3) is 0.0526. The number of aromatic amines is 1. The second kappa shape index (κ2) is 8.83. The first kappa shape index (κ1) is 19.1. The number of carbonyl (C=O) groups is 2. The lowest BCUT2D eigenvalue weighted by molar-refractivity contribution is -0.139. The highest BCUT2D eigenvalue weighted by atomic mass is 35.5. The van der Waals surface area contributed by atoms with Crippen molar-refractivity contribution in [3.8, 4) is 17.0 Å². The number of carbonyl (C=O) groups excluding carboxylic acids is 1. The van der Waals surface area contributed by atoms with E-state index in [0.29, 0.717) is 22.0 Å². The third kappa shape index (κ3) is 4.95. The van der Waals surface area contributed by atoms with Crippen molar-refractivity contribution in [1.29, 1.82) is 0 Å². The second-order valence-corrected chi connectivity index (χ2v) is 6.03. The van der Waals surface area contributed by atoms with E-state index < -0.39 is 18.5 Å². The summed E-state index contributed by atoms with van der Waals surface area (Å²) in [6.07, 6.45) is 1.37. The van der Waals surface area contributed by atoms with Gasteiger partial charge in [0.05, 0.1) is 11.9 Å². The molecule has 0 fully saturated rings. The lowest BCUT2D eigenvalue weighted by atomic mass is 10.1. The van der Waals surface area contributed by atoms with Gasteiger partial charge in [0.15, 0.2) is 6.61 Å². The fourth-order valence-corrected chi connectivity index (χ4v) is 2.41. The fourth-order valence-electron chi connectivity index (χ4n) is 2.29. The minimum absolute atomic E-state index is 0.234. The number of rotatable bonds is 7. The highest BCUT2D eigenvalue weighted by Gasteiger charge is 2.10. The lowest BCUT2D eigenvalue weighted by Gasteiger charge is -2.06. The van der Waals surface area contributed by atoms with Crippen LogP contribution in [0.2, 0.25) is 5.02 Å². The van der Waals surface area contributed by atoms with E-state index in [1.807, 2.05) is 0 Å². The average Bonchev–Trinajstić information content (AvgIpc) is 3.18. The minimum Gasteiger partial charge on any atom is -0.481 e. The number of nitrogens with one attached hydrogen (secondary N) is 2. The Morgan fingerprint density at radius 1 is 1.21 bits per heavy atom. The summed E-state index contributed by atoms with van der Waals surface area (Å²) in [5, 5.41) is 20.0. The molecule has 1 amide bonds. The number of nitrogens with zero attached hydrogens (tertiary/aromatic N) is 2. The van der Waals surface area contributed by atoms with Gasteiger partial charge in [-0.2, -0.15) is 10.2 Å². The molecule has 1 aromatic heterocycles. The summed E-state index contributed by atoms with van der Waals surface area (Å²) in [4.78, 5) is 22.8. The van der Waals surface area contributed by atoms with Gasteiger partial charge in [-0.05, 0) is 30.3 Å². The Morgan fingerprint density at radius 2 is 1.96 bits per heavy atom. The van der Waals surface area contributed by atoms with Crippen LogP contribution in [-0.2, 0) is 4.79 Å². The van der Waals surface area contributed by atoms with Crippen molar-refractivity contribution in [1.82, 2.24) is 15.6 Å². The van der Waals surface area contributed by atoms with Gasteiger partial charge in [0, 0.05) is 16.1 Å². The lowest BCUT2D eigenvalue weighted by Crippen LogP contribution is -2.18. The van der Waals surface area contributed by atoms with Gasteiger partial charge in [0.1, 0.15) is 11.4 Å². The van der Waals surface area contributed by atoms with E-state index in [4.69, 9.17) is 21.4 Å². The molecule has 0 bridgehead atoms. The maximum Gasteiger partial charge on any atom is 0.341 e. The Balaban J connectivity index is 1.65. The van der Waals surface area contributed by atoms with Gasteiger partial charge in [-0.3, -0.25) is 9.89 Å². The van der Waals surface area contributed by atoms with Crippen LogP contribution in [0.1, 0.15) is 16.1 Å². The van der Waals surface area contributed by atoms with E-state index in [1.165, 1.54) is 6.21 Å². The van der Waals surface area contributed by atoms with Crippen LogP contribution in [0.25, 0.3) is 11.3 Å². The smallest absolute Gasteiger partial charge is 0.341 e. The highest BCUT2D eigenvalue weighted by Crippen LogP contribution is 2.20. The average molecular weight is 399 g/mol. The summed E-state index contributed by atoms with van der Waals surface area (Å²) < 4.78 is 5.17. The minimum atomic E-state index is -1.09. The number of hydrogen-bond acceptors (Lipinski definition) is 5. The number of carboxylic acids is 1. The number of ether oxygens (including phenoxy) is 1. The Kier molecular flexibility index (Phi) is 6.03. The molecule has 9 heteroatoms. The van der Waals surface area contributed by atoms with Gasteiger partial charge in [-0.15, -0.1) is 0 Å². The zero-order valence-electron chi connectivity index (χ0n) is 14.4. The molecule has 142 valence electrons. The summed E-state index contributed by atoms with van der Waals surface area (Å²) in [6.45, 7) is -0.473. The molecule has 8 nitrogen and oxygen atoms in total. The molecule has 0 aliphatic rings. The largest absolute Gasteiger partial charge is 0.481 e. The molecule has 0 aliphatic heterocycles. The van der Waals surface area contributed by atoms with Crippen LogP contribution in [0.4, 0.5) is 0 Å². The summed E-state index contributed by atoms with van der Waals surface area (Å²) in [7, 11) is 0. The van der Waals surface area contributed by atoms with Gasteiger partial charge >= 0.3 is 5.97 Å². The third-order valence-corrected chi connectivity index (χ3v) is 3.85. The Hall–Kier alpha value is -3.65. The first-order chi connectivity index (χ1) is 13.5. The molecule has 0 unspecified atom stereocenters. The number of H-pyrrole nitrogens is 1. The standard InChI is InChI=1S/C19H15ClN4O4/c20-14-7-5-12(6-8-14)15-9-16(23-22-15)19(27)24-21-10-13-3-1-2-4-17(13)28-11-18(25)26/h1-10H,11H2,(H,22,23)(H,24,27)(H,25,26)/b21-10+. The van der Waals surface area contributed by atoms with Crippen LogP contribution in [-0.4, -0.2) is 40.0 Å². The number of carboxylic acid groups (broad SMARTS) is 1. The molecule has 0 spiro atoms. The molecule has 0 radical (unpaired) electrons. The topological polar surface area (TPSA) is 117 Å². The van der Waals surface area contributed by atoms with Crippen molar-refractivity contribution in [2.24, 2.45) is 5.10 Å². The molecular weight excluding hydrogens is 384 g/mol. The molecule has 1 heterocycles. The van der Waals surface area contributed by atoms with Crippen LogP contribution in [0.5, 0.6) is 5.75 Å². The number of amides is 1. The molecule has 0 saturated heterocycles. The monoisotopic (exact) mass is 398 g/mol. The second-order valence-electron chi connectivity index (χ2n) is 5.59. The van der Waals surface area contributed by atoms with Gasteiger partial charge in [-0.25, -0.2) is 10.2 Å². The Morgan fingerprint density at radius 3 is 2.71 bits per heavy atom. The van der Waals surface area contributed by atoms with Crippen molar-refractivity contribution in [2.75, 3.05) is 6.61 Å². The molecular formula is C19H15ClN4O4. The predicted molar refractivity (Wildman–Crippen MR) is 104 cm³/mol. The number of para-hydroxylation sites is 1. The Bertz CT molecular complexity index is 1010. The van der Waals surface area contributed by atoms with E-state index in [0.717, 1.165) is 5.56 Å². The molecule has 3 aromatic rings. The summed E-state index contributed by atoms with van der Waals surface area (Å²) in [5.41, 5.74) is 4.55. The number of halogens is 1. The molecule has 0 atom stereocenters. The number of benzene rings is 2. The van der Waals surface area contributed by atoms with E-state index in [2.05, 4.69) is 20.7 Å². The predicted octanol–water partition coefficient (Wildman–Crippen LogP) is 2.96. The van der Waals surface area contributed by atoms with Crippen molar-refractivity contribution < 1.29 is 19.4 Å². The highest BCUT2D eigenvalue weighted by molar-refractivity contribution is 6.30. The van der Waals surface area contributed by atoms with Crippen molar-refractivity contribution >= 4 is 29.7 Å². The normalized spacial score (nSPS) is 10.8. The number of hydrazone groups is 1. The van der Waals surface area contributed by atoms with Crippen LogP contribution in [0.3, 0.4) is 0 Å². The Labute approximate surface area is 164 Å². The van der Waals surface area contributed by atoms with Crippen LogP contribution < -0.4 is 10.2 Å². The molecule has 0 aliphatic carbocycles. The van der Waals surface area contributed by atoms with Gasteiger partial charge in [0.2, 0.25) is 0 Å². The van der Waals surface area contributed by atoms with Gasteiger partial charge in [0.25, 0.3) is 5.91 Å². The number of aliphatic carboxylic acids is 1. The molecule has 3 rings (SSSR count). The molecule has 3 N–H and O–H groups in total. The maximum absolute atomic E-state index is 12.2. The van der Waals surface area contributed by atoms with Crippen molar-refractivity contribution in [3.63, 3.8) is 0 Å². The van der Waals surface area contributed by atoms with Gasteiger partial charge < -0.3 is 9.84 Å². The van der Waals surface area contributed by atoms with Gasteiger partial charge in [-0.1, -0.05) is 35.9 Å². The summed E-state index contributed by atoms with van der Waals surface area (Å²) >= 11 is 5.86. The maximum atomic E-state index is 12.2. The van der Waals surface area contributed by atoms with Crippen LogP contribution >= 0.6 is 11.6 Å². The number of hydrogen-bond donors (Lipinski definition) is 3. The van der Waals surface area contributed by atoms with Crippen LogP contribution in [0, 0.1) is 0 Å². The molecule has 0 saturated carbocycles. The van der Waals surface area contributed by atoms with E-state index in [1.54, 1.807) is 54.6 Å². The SMILES string of the molecule is O=C(O)COc1ccccc1/C=N/NC(=O)c1cc(-c2ccc(Cl)cc2)n[nH]1. The van der Waals surface area contributed by atoms with Crippen molar-refractivity contribution in [3.05, 3.63) is 70.9 Å². The van der Waals surface area contributed by atoms with E-state index in [9.17, 15) is 9.59 Å². The zero-order chi connectivity index (χ0) is 19.9. The quantitative estimate of drug-likeness (QED) is 0.418. The zero-order valence-corrected chi connectivity index (χ0v) is 15.2. The van der Waals surface area contributed by atoms with Crippen molar-refractivity contribution in [2.45, 2.75) is 0 Å². The summed E-state index contributed by atoms with van der Waals surface area (Å²) in [5.74, 6) is -1.22. The number of aromatic nitrogens is 2. The van der Waals surface area contributed by atoms with E-state index >= 15 is 0 Å². The van der Waals surface area contributed by atoms with E-state index in [-0.39, 0.29) is 5.69 Å². The summed E-state index contributed by atoms with van der Waals surface area (Å²) in [6, 6.07) is 15.4.